The Balaban J connectivity index is 2.67. The molecule has 0 aromatic heterocycles. The molecule has 10 heteroatoms. The lowest BCUT2D eigenvalue weighted by Gasteiger charge is -2.35. The third-order valence-corrected chi connectivity index (χ3v) is 3.24. The molecule has 1 heterocycles. The fraction of sp³-hybridized carbons (Fsp3) is 0.909. The molecule has 0 radical (unpaired) electrons. The molecule has 0 N–H and O–H groups in total. The van der Waals surface area contributed by atoms with Gasteiger partial charge in [-0.3, -0.25) is 4.79 Å². The van der Waals surface area contributed by atoms with Crippen LogP contribution in [0.3, 0.4) is 0 Å². The Hall–Kier alpha value is -0.700. The smallest absolute Gasteiger partial charge is 0.377 e. The Labute approximate surface area is 122 Å². The van der Waals surface area contributed by atoms with E-state index in [1.54, 1.807) is 0 Å². The number of likely N-dealkylation sites (tertiary alicyclic amines) is 1. The van der Waals surface area contributed by atoms with Gasteiger partial charge in [-0.2, -0.15) is 26.3 Å². The number of piperidine rings is 1. The highest BCUT2D eigenvalue weighted by molar-refractivity contribution is 6.17. The fourth-order valence-electron chi connectivity index (χ4n) is 2.10. The predicted octanol–water partition coefficient (Wildman–Crippen LogP) is 2.97. The Bertz CT molecular complexity index is 338. The van der Waals surface area contributed by atoms with Crippen LogP contribution in [0.2, 0.25) is 0 Å². The van der Waals surface area contributed by atoms with Gasteiger partial charge in [0, 0.05) is 19.0 Å². The van der Waals surface area contributed by atoms with Crippen molar-refractivity contribution in [2.45, 2.75) is 31.3 Å². The van der Waals surface area contributed by atoms with Gasteiger partial charge in [-0.25, -0.2) is 0 Å². The van der Waals surface area contributed by atoms with Crippen molar-refractivity contribution in [1.29, 1.82) is 0 Å². The van der Waals surface area contributed by atoms with E-state index >= 15 is 0 Å². The second-order valence-electron chi connectivity index (χ2n) is 4.60. The largest absolute Gasteiger partial charge is 0.409 e. The minimum atomic E-state index is -5.65. The van der Waals surface area contributed by atoms with Crippen LogP contribution >= 0.6 is 11.6 Å². The first-order valence-corrected chi connectivity index (χ1v) is 6.70. The SMILES string of the molecule is O=C(C(C(F)(F)F)C(F)(F)F)N1CCC(OCCCl)CC1. The molecule has 0 atom stereocenters. The Kier molecular flexibility index (Phi) is 6.15. The number of ether oxygens (including phenoxy) is 1. The van der Waals surface area contributed by atoms with Crippen LogP contribution in [-0.2, 0) is 9.53 Å². The van der Waals surface area contributed by atoms with Gasteiger partial charge in [0.05, 0.1) is 12.7 Å². The predicted molar refractivity (Wildman–Crippen MR) is 61.9 cm³/mol. The van der Waals surface area contributed by atoms with E-state index in [0.717, 1.165) is 0 Å². The van der Waals surface area contributed by atoms with E-state index in [9.17, 15) is 31.1 Å². The minimum absolute atomic E-state index is 0.186. The molecule has 0 saturated carbocycles. The van der Waals surface area contributed by atoms with Crippen molar-refractivity contribution in [2.24, 2.45) is 5.92 Å². The molecule has 1 fully saturated rings. The maximum absolute atomic E-state index is 12.5. The van der Waals surface area contributed by atoms with Crippen LogP contribution in [0.4, 0.5) is 26.3 Å². The zero-order valence-corrected chi connectivity index (χ0v) is 11.6. The van der Waals surface area contributed by atoms with E-state index in [-0.39, 0.29) is 44.5 Å². The number of amides is 1. The van der Waals surface area contributed by atoms with Gasteiger partial charge >= 0.3 is 12.4 Å². The number of rotatable bonds is 4. The highest BCUT2D eigenvalue weighted by Crippen LogP contribution is 2.40. The fourth-order valence-corrected chi connectivity index (χ4v) is 2.19. The molecule has 0 bridgehead atoms. The molecule has 0 aromatic carbocycles. The highest BCUT2D eigenvalue weighted by atomic mass is 35.5. The Morgan fingerprint density at radius 2 is 1.62 bits per heavy atom. The molecule has 1 aliphatic heterocycles. The molecule has 1 aliphatic rings. The third kappa shape index (κ3) is 5.21. The molecule has 0 spiro atoms. The lowest BCUT2D eigenvalue weighted by molar-refractivity contribution is -0.278. The summed E-state index contributed by atoms with van der Waals surface area (Å²) in [7, 11) is 0. The van der Waals surface area contributed by atoms with Gasteiger partial charge < -0.3 is 9.64 Å². The van der Waals surface area contributed by atoms with Crippen LogP contribution in [0.25, 0.3) is 0 Å². The molecule has 0 unspecified atom stereocenters. The topological polar surface area (TPSA) is 29.5 Å². The van der Waals surface area contributed by atoms with E-state index in [0.29, 0.717) is 4.90 Å². The molecule has 0 aromatic rings. The highest BCUT2D eigenvalue weighted by Gasteiger charge is 2.62. The minimum Gasteiger partial charge on any atom is -0.377 e. The summed E-state index contributed by atoms with van der Waals surface area (Å²) in [5, 5.41) is 0. The molecular formula is C11H14ClF6NO2. The van der Waals surface area contributed by atoms with Gasteiger partial charge in [-0.15, -0.1) is 11.6 Å². The van der Waals surface area contributed by atoms with Crippen LogP contribution in [0, 0.1) is 5.92 Å². The summed E-state index contributed by atoms with van der Waals surface area (Å²) >= 11 is 5.40. The summed E-state index contributed by atoms with van der Waals surface area (Å²) in [5.41, 5.74) is 0. The maximum Gasteiger partial charge on any atom is 0.409 e. The summed E-state index contributed by atoms with van der Waals surface area (Å²) in [4.78, 5) is 12.1. The van der Waals surface area contributed by atoms with Crippen molar-refractivity contribution >= 4 is 17.5 Å². The van der Waals surface area contributed by atoms with Gasteiger partial charge in [0.25, 0.3) is 0 Å². The van der Waals surface area contributed by atoms with E-state index in [1.165, 1.54) is 0 Å². The lowest BCUT2D eigenvalue weighted by Crippen LogP contribution is -2.52. The maximum atomic E-state index is 12.5. The van der Waals surface area contributed by atoms with Crippen LogP contribution < -0.4 is 0 Å². The molecule has 1 amide bonds. The number of carbonyl (C=O) groups is 1. The number of carbonyl (C=O) groups excluding carboxylic acids is 1. The second kappa shape index (κ2) is 7.04. The van der Waals surface area contributed by atoms with E-state index in [4.69, 9.17) is 16.3 Å². The number of nitrogens with zero attached hydrogens (tertiary/aromatic N) is 1. The lowest BCUT2D eigenvalue weighted by atomic mass is 10.0. The van der Waals surface area contributed by atoms with Crippen molar-refractivity contribution in [2.75, 3.05) is 25.6 Å². The van der Waals surface area contributed by atoms with Crippen LogP contribution in [0.15, 0.2) is 0 Å². The average Bonchev–Trinajstić information content (AvgIpc) is 2.33. The van der Waals surface area contributed by atoms with Gasteiger partial charge in [-0.05, 0) is 12.8 Å². The normalized spacial score (nSPS) is 18.4. The monoisotopic (exact) mass is 341 g/mol. The first-order chi connectivity index (χ1) is 9.57. The van der Waals surface area contributed by atoms with E-state index < -0.39 is 24.2 Å². The molecule has 124 valence electrons. The van der Waals surface area contributed by atoms with Crippen LogP contribution in [0.1, 0.15) is 12.8 Å². The summed E-state index contributed by atoms with van der Waals surface area (Å²) in [6.45, 7) is -0.156. The van der Waals surface area contributed by atoms with E-state index in [2.05, 4.69) is 0 Å². The van der Waals surface area contributed by atoms with Crippen molar-refractivity contribution < 1.29 is 35.9 Å². The number of halogens is 7. The van der Waals surface area contributed by atoms with Crippen molar-refractivity contribution in [1.82, 2.24) is 4.90 Å². The average molecular weight is 342 g/mol. The molecule has 1 saturated heterocycles. The molecule has 3 nitrogen and oxygen atoms in total. The molecule has 1 rings (SSSR count). The number of hydrogen-bond donors (Lipinski definition) is 0. The number of hydrogen-bond acceptors (Lipinski definition) is 2. The van der Waals surface area contributed by atoms with E-state index in [1.807, 2.05) is 0 Å². The van der Waals surface area contributed by atoms with Crippen LogP contribution in [0.5, 0.6) is 0 Å². The molecule has 0 aliphatic carbocycles. The van der Waals surface area contributed by atoms with Crippen LogP contribution in [-0.4, -0.2) is 54.8 Å². The quantitative estimate of drug-likeness (QED) is 0.581. The van der Waals surface area contributed by atoms with Gasteiger partial charge in [-0.1, -0.05) is 0 Å². The molecular weight excluding hydrogens is 328 g/mol. The number of alkyl halides is 7. The summed E-state index contributed by atoms with van der Waals surface area (Å²) in [6.07, 6.45) is -11.2. The van der Waals surface area contributed by atoms with Crippen molar-refractivity contribution in [3.63, 3.8) is 0 Å². The zero-order chi connectivity index (χ0) is 16.3. The third-order valence-electron chi connectivity index (χ3n) is 3.09. The first kappa shape index (κ1) is 18.3. The standard InChI is InChI=1S/C11H14ClF6NO2/c12-3-6-21-7-1-4-19(5-2-7)9(20)8(10(13,14)15)11(16,17)18/h7-8H,1-6H2. The van der Waals surface area contributed by atoms with Gasteiger partial charge in [0.15, 0.2) is 0 Å². The Morgan fingerprint density at radius 1 is 1.14 bits per heavy atom. The van der Waals surface area contributed by atoms with Gasteiger partial charge in [0.1, 0.15) is 0 Å². The van der Waals surface area contributed by atoms with Crippen molar-refractivity contribution in [3.05, 3.63) is 0 Å². The zero-order valence-electron chi connectivity index (χ0n) is 10.8. The summed E-state index contributed by atoms with van der Waals surface area (Å²) in [6, 6.07) is 0. The first-order valence-electron chi connectivity index (χ1n) is 6.17. The Morgan fingerprint density at radius 3 is 2.00 bits per heavy atom. The molecule has 21 heavy (non-hydrogen) atoms. The second-order valence-corrected chi connectivity index (χ2v) is 4.98. The van der Waals surface area contributed by atoms with Crippen molar-refractivity contribution in [3.8, 4) is 0 Å². The van der Waals surface area contributed by atoms with Gasteiger partial charge in [0.2, 0.25) is 11.8 Å². The summed E-state index contributed by atoms with van der Waals surface area (Å²) < 4.78 is 80.0. The summed E-state index contributed by atoms with van der Waals surface area (Å²) in [5.74, 6) is -5.68.